The molecule has 0 spiro atoms. The van der Waals surface area contributed by atoms with Crippen molar-refractivity contribution in [1.82, 2.24) is 12.3 Å². The fourth-order valence-electron chi connectivity index (χ4n) is 0.291. The molecule has 0 aliphatic heterocycles. The lowest BCUT2D eigenvalue weighted by atomic mass is 10.7. The average molecular weight is 284 g/mol. The first-order chi connectivity index (χ1) is 6.01. The molecule has 14 heteroatoms. The normalized spacial score (nSPS) is 10.5. The van der Waals surface area contributed by atoms with Gasteiger partial charge < -0.3 is 21.3 Å². The molecule has 0 aromatic heterocycles. The smallest absolute Gasteiger partial charge is 0.362 e. The van der Waals surface area contributed by atoms with Crippen molar-refractivity contribution in [3.8, 4) is 0 Å². The first-order valence-corrected chi connectivity index (χ1v) is 5.66. The topological polar surface area (TPSA) is 238 Å². The van der Waals surface area contributed by atoms with Crippen molar-refractivity contribution in [2.45, 2.75) is 0 Å². The van der Waals surface area contributed by atoms with Crippen molar-refractivity contribution in [3.05, 3.63) is 0 Å². The van der Waals surface area contributed by atoms with Crippen LogP contribution >= 0.6 is 15.6 Å². The molecule has 0 heterocycles. The van der Waals surface area contributed by atoms with Crippen LogP contribution in [0, 0.1) is 0 Å². The van der Waals surface area contributed by atoms with Gasteiger partial charge in [-0.2, -0.15) is 0 Å². The summed E-state index contributed by atoms with van der Waals surface area (Å²) < 4.78 is 26.2. The average Bonchev–Trinajstić information content (AvgIpc) is 1.78. The van der Waals surface area contributed by atoms with Gasteiger partial charge in [0.05, 0.1) is 0 Å². The fraction of sp³-hybridized carbons (Fsp3) is 0. The molecule has 0 atom stereocenters. The molecule has 0 bridgehead atoms. The number of rotatable bonds is 2. The van der Waals surface area contributed by atoms with E-state index in [9.17, 15) is 18.7 Å². The van der Waals surface area contributed by atoms with Crippen LogP contribution in [-0.2, 0) is 27.8 Å². The maximum atomic E-state index is 10.3. The highest BCUT2D eigenvalue weighted by molar-refractivity contribution is 7.47. The molecule has 0 aliphatic carbocycles. The maximum absolute atomic E-state index is 10.3. The van der Waals surface area contributed by atoms with Crippen molar-refractivity contribution in [1.29, 1.82) is 0 Å². The summed E-state index contributed by atoms with van der Waals surface area (Å²) in [5.74, 6) is -4.41. The highest BCUT2D eigenvalue weighted by Gasteiger charge is 2.32. The van der Waals surface area contributed by atoms with Crippen LogP contribution in [0.25, 0.3) is 0 Å². The molecule has 16 heavy (non-hydrogen) atoms. The Balaban J connectivity index is -0.000000845. The van der Waals surface area contributed by atoms with E-state index in [1.807, 2.05) is 0 Å². The Hall–Kier alpha value is -0.840. The monoisotopic (exact) mass is 284 g/mol. The van der Waals surface area contributed by atoms with Crippen molar-refractivity contribution in [2.75, 3.05) is 0 Å². The van der Waals surface area contributed by atoms with Crippen LogP contribution in [0.4, 0.5) is 0 Å². The molecular weight excluding hydrogens is 274 g/mol. The van der Waals surface area contributed by atoms with E-state index in [0.29, 0.717) is 0 Å². The predicted octanol–water partition coefficient (Wildman–Crippen LogP) is -1.42. The molecule has 0 aromatic rings. The molecule has 98 valence electrons. The summed E-state index contributed by atoms with van der Waals surface area (Å²) in [5, 5.41) is 0. The summed E-state index contributed by atoms with van der Waals surface area (Å²) in [6.07, 6.45) is 0. The van der Waals surface area contributed by atoms with Gasteiger partial charge in [0.15, 0.2) is 0 Å². The predicted molar refractivity (Wildman–Crippen MR) is 46.3 cm³/mol. The Morgan fingerprint density at radius 3 is 1.06 bits per heavy atom. The van der Waals surface area contributed by atoms with Crippen molar-refractivity contribution in [2.24, 2.45) is 0 Å². The number of hydrogen-bond donors (Lipinski definition) is 6. The summed E-state index contributed by atoms with van der Waals surface area (Å²) in [7, 11) is -10.5. The number of phosphoric acid groups is 2. The van der Waals surface area contributed by atoms with Gasteiger partial charge in [0.25, 0.3) is 0 Å². The minimum absolute atomic E-state index is 0. The lowest BCUT2D eigenvalue weighted by molar-refractivity contribution is -0.158. The van der Waals surface area contributed by atoms with Gasteiger partial charge in [-0.3, -0.25) is 19.6 Å². The van der Waals surface area contributed by atoms with E-state index in [0.717, 1.165) is 0 Å². The van der Waals surface area contributed by atoms with Crippen LogP contribution in [0.15, 0.2) is 0 Å². The largest absolute Gasteiger partial charge is 0.527 e. The van der Waals surface area contributed by atoms with Gasteiger partial charge in [0.2, 0.25) is 0 Å². The summed E-state index contributed by atoms with van der Waals surface area (Å²) in [6, 6.07) is 0. The molecule has 0 fully saturated rings. The number of carbonyl (C=O) groups excluding carboxylic acids is 2. The SMILES string of the molecule is N.N.O=C(OP(=O)(O)O)C(=O)OP(=O)(O)O. The summed E-state index contributed by atoms with van der Waals surface area (Å²) in [6.45, 7) is 0. The molecule has 0 amide bonds. The first kappa shape index (κ1) is 20.6. The van der Waals surface area contributed by atoms with Crippen molar-refractivity contribution >= 4 is 27.6 Å². The summed E-state index contributed by atoms with van der Waals surface area (Å²) >= 11 is 0. The minimum Gasteiger partial charge on any atom is -0.362 e. The number of carbonyl (C=O) groups is 2. The third kappa shape index (κ3) is 11.2. The van der Waals surface area contributed by atoms with Gasteiger partial charge in [-0.15, -0.1) is 0 Å². The van der Waals surface area contributed by atoms with Gasteiger partial charge in [-0.25, -0.2) is 18.7 Å². The molecule has 0 saturated heterocycles. The van der Waals surface area contributed by atoms with Crippen molar-refractivity contribution in [3.63, 3.8) is 0 Å². The minimum atomic E-state index is -5.24. The fourth-order valence-corrected chi connectivity index (χ4v) is 0.872. The van der Waals surface area contributed by atoms with Gasteiger partial charge in [0, 0.05) is 0 Å². The molecular formula is C2H10N2O10P2. The van der Waals surface area contributed by atoms with Crippen LogP contribution in [0.2, 0.25) is 0 Å². The van der Waals surface area contributed by atoms with Crippen LogP contribution in [0.5, 0.6) is 0 Å². The maximum Gasteiger partial charge on any atom is 0.527 e. The zero-order valence-electron chi connectivity index (χ0n) is 7.55. The van der Waals surface area contributed by atoms with Gasteiger partial charge >= 0.3 is 27.6 Å². The van der Waals surface area contributed by atoms with Crippen molar-refractivity contribution < 1.29 is 47.3 Å². The van der Waals surface area contributed by atoms with Gasteiger partial charge in [0.1, 0.15) is 0 Å². The molecule has 0 radical (unpaired) electrons. The second-order valence-corrected chi connectivity index (χ2v) is 4.07. The van der Waals surface area contributed by atoms with E-state index in [-0.39, 0.29) is 12.3 Å². The van der Waals surface area contributed by atoms with Crippen LogP contribution in [0.1, 0.15) is 0 Å². The van der Waals surface area contributed by atoms with E-state index in [4.69, 9.17) is 19.6 Å². The second kappa shape index (κ2) is 6.68. The molecule has 0 saturated carbocycles. The summed E-state index contributed by atoms with van der Waals surface area (Å²) in [4.78, 5) is 52.6. The van der Waals surface area contributed by atoms with Crippen LogP contribution < -0.4 is 12.3 Å². The van der Waals surface area contributed by atoms with E-state index in [2.05, 4.69) is 9.05 Å². The molecule has 0 rings (SSSR count). The molecule has 12 nitrogen and oxygen atoms in total. The molecule has 10 N–H and O–H groups in total. The highest BCUT2D eigenvalue weighted by Crippen LogP contribution is 2.39. The zero-order chi connectivity index (χ0) is 11.6. The Labute approximate surface area is 88.2 Å². The summed E-state index contributed by atoms with van der Waals surface area (Å²) in [5.41, 5.74) is 0. The van der Waals surface area contributed by atoms with E-state index >= 15 is 0 Å². The Morgan fingerprint density at radius 2 is 0.938 bits per heavy atom. The van der Waals surface area contributed by atoms with E-state index in [1.54, 1.807) is 0 Å². The zero-order valence-corrected chi connectivity index (χ0v) is 9.34. The molecule has 0 aromatic carbocycles. The Morgan fingerprint density at radius 1 is 0.750 bits per heavy atom. The van der Waals surface area contributed by atoms with E-state index < -0.39 is 27.6 Å². The first-order valence-electron chi connectivity index (χ1n) is 2.60. The quantitative estimate of drug-likeness (QED) is 0.253. The molecule has 0 unspecified atom stereocenters. The van der Waals surface area contributed by atoms with Crippen LogP contribution in [-0.4, -0.2) is 31.5 Å². The van der Waals surface area contributed by atoms with Gasteiger partial charge in [-0.1, -0.05) is 0 Å². The lowest BCUT2D eigenvalue weighted by Gasteiger charge is -2.05. The Kier molecular flexibility index (Phi) is 8.58. The second-order valence-electron chi connectivity index (χ2n) is 1.74. The third-order valence-electron chi connectivity index (χ3n) is 0.570. The standard InChI is InChI=1S/C2H4O10P2.2H3N/c3-1(11-13(5,6)7)2(4)12-14(8,9)10;;/h(H2,5,6,7)(H2,8,9,10);2*1H3. The Bertz CT molecular complexity index is 305. The molecule has 0 aliphatic rings. The third-order valence-corrected chi connectivity index (χ3v) is 1.38. The lowest BCUT2D eigenvalue weighted by Crippen LogP contribution is -2.18. The number of hydrogen-bond acceptors (Lipinski definition) is 8. The number of phosphoric ester groups is 2. The highest BCUT2D eigenvalue weighted by atomic mass is 31.2. The van der Waals surface area contributed by atoms with Crippen LogP contribution in [0.3, 0.4) is 0 Å². The van der Waals surface area contributed by atoms with E-state index in [1.165, 1.54) is 0 Å². The van der Waals surface area contributed by atoms with Gasteiger partial charge in [-0.05, 0) is 0 Å².